The van der Waals surface area contributed by atoms with Gasteiger partial charge in [0.05, 0.1) is 16.5 Å². The lowest BCUT2D eigenvalue weighted by molar-refractivity contribution is -0.183. The Labute approximate surface area is 185 Å². The number of hydrogen-bond donors (Lipinski definition) is 2. The molecule has 2 aliphatic carbocycles. The Bertz CT molecular complexity index is 797. The number of nitrogens with one attached hydrogen (secondary N) is 2. The number of benzene rings is 1. The normalized spacial score (nSPS) is 22.6. The van der Waals surface area contributed by atoms with Crippen LogP contribution in [0.1, 0.15) is 68.1 Å². The quantitative estimate of drug-likeness (QED) is 0.581. The highest BCUT2D eigenvalue weighted by Crippen LogP contribution is 2.37. The van der Waals surface area contributed by atoms with Gasteiger partial charge in [-0.25, -0.2) is 4.79 Å². The van der Waals surface area contributed by atoms with E-state index in [0.717, 1.165) is 25.7 Å². The fourth-order valence-corrected chi connectivity index (χ4v) is 4.82. The van der Waals surface area contributed by atoms with Gasteiger partial charge in [0.15, 0.2) is 0 Å². The molecule has 2 unspecified atom stereocenters. The summed E-state index contributed by atoms with van der Waals surface area (Å²) in [5.41, 5.74) is 0.739. The highest BCUT2D eigenvalue weighted by molar-refractivity contribution is 6.34. The first-order valence-corrected chi connectivity index (χ1v) is 11.2. The fourth-order valence-electron chi connectivity index (χ4n) is 4.56. The van der Waals surface area contributed by atoms with Gasteiger partial charge in [-0.15, -0.1) is 0 Å². The molecule has 31 heavy (non-hydrogen) atoms. The van der Waals surface area contributed by atoms with Gasteiger partial charge in [0.1, 0.15) is 0 Å². The van der Waals surface area contributed by atoms with Gasteiger partial charge in [0, 0.05) is 24.8 Å². The maximum absolute atomic E-state index is 12.9. The van der Waals surface area contributed by atoms with Gasteiger partial charge in [-0.1, -0.05) is 37.3 Å². The molecule has 172 valence electrons. The summed E-state index contributed by atoms with van der Waals surface area (Å²) in [4.78, 5) is 26.8. The summed E-state index contributed by atoms with van der Waals surface area (Å²) in [5, 5.41) is 5.44. The minimum absolute atomic E-state index is 0.101. The zero-order valence-electron chi connectivity index (χ0n) is 17.6. The molecule has 0 bridgehead atoms. The molecule has 0 aromatic heterocycles. The first-order valence-electron chi connectivity index (χ1n) is 10.9. The molecule has 0 radical (unpaired) electrons. The Kier molecular flexibility index (Phi) is 7.73. The molecule has 3 rings (SSSR count). The molecule has 1 aromatic carbocycles. The van der Waals surface area contributed by atoms with Gasteiger partial charge >= 0.3 is 12.2 Å². The van der Waals surface area contributed by atoms with E-state index in [4.69, 9.17) is 11.6 Å². The van der Waals surface area contributed by atoms with E-state index >= 15 is 0 Å². The van der Waals surface area contributed by atoms with Crippen LogP contribution in [0.4, 0.5) is 23.7 Å². The summed E-state index contributed by atoms with van der Waals surface area (Å²) in [6.45, 7) is 0. The minimum Gasteiger partial charge on any atom is -0.339 e. The van der Waals surface area contributed by atoms with Crippen molar-refractivity contribution in [3.05, 3.63) is 28.8 Å². The molecule has 2 N–H and O–H groups in total. The van der Waals surface area contributed by atoms with E-state index in [1.165, 1.54) is 12.5 Å². The number of hydrogen-bond acceptors (Lipinski definition) is 2. The van der Waals surface area contributed by atoms with Crippen LogP contribution in [-0.4, -0.2) is 42.1 Å². The van der Waals surface area contributed by atoms with Crippen LogP contribution in [0.15, 0.2) is 18.2 Å². The van der Waals surface area contributed by atoms with Gasteiger partial charge in [-0.05, 0) is 50.3 Å². The van der Waals surface area contributed by atoms with Crippen molar-refractivity contribution in [1.29, 1.82) is 0 Å². The Morgan fingerprint density at radius 3 is 2.42 bits per heavy atom. The van der Waals surface area contributed by atoms with Gasteiger partial charge in [-0.3, -0.25) is 4.79 Å². The van der Waals surface area contributed by atoms with Crippen LogP contribution in [0.3, 0.4) is 0 Å². The lowest BCUT2D eigenvalue weighted by Crippen LogP contribution is -2.43. The Morgan fingerprint density at radius 2 is 1.77 bits per heavy atom. The smallest absolute Gasteiger partial charge is 0.339 e. The van der Waals surface area contributed by atoms with E-state index in [-0.39, 0.29) is 29.8 Å². The van der Waals surface area contributed by atoms with Crippen LogP contribution in [0, 0.1) is 5.92 Å². The Hall–Kier alpha value is -1.96. The lowest BCUT2D eigenvalue weighted by Gasteiger charge is -2.31. The third kappa shape index (κ3) is 6.28. The zero-order chi connectivity index (χ0) is 22.6. The van der Waals surface area contributed by atoms with Crippen molar-refractivity contribution in [2.24, 2.45) is 5.92 Å². The van der Waals surface area contributed by atoms with Crippen LogP contribution in [0.5, 0.6) is 0 Å². The number of alkyl halides is 3. The second-order valence-corrected chi connectivity index (χ2v) is 9.01. The number of halogens is 4. The summed E-state index contributed by atoms with van der Waals surface area (Å²) in [5.74, 6) is -1.54. The number of urea groups is 1. The average molecular weight is 460 g/mol. The topological polar surface area (TPSA) is 61.4 Å². The van der Waals surface area contributed by atoms with E-state index in [1.54, 1.807) is 24.1 Å². The summed E-state index contributed by atoms with van der Waals surface area (Å²) in [7, 11) is 1.78. The molecule has 0 spiro atoms. The molecule has 2 fully saturated rings. The van der Waals surface area contributed by atoms with Crippen molar-refractivity contribution in [2.75, 3.05) is 12.4 Å². The molecule has 2 saturated carbocycles. The summed E-state index contributed by atoms with van der Waals surface area (Å²) in [6.07, 6.45) is 2.07. The number of rotatable bonds is 4. The van der Waals surface area contributed by atoms with Gasteiger partial charge < -0.3 is 15.5 Å². The van der Waals surface area contributed by atoms with Crippen molar-refractivity contribution in [3.8, 4) is 0 Å². The molecule has 0 heterocycles. The maximum atomic E-state index is 12.9. The molecular formula is C22H29ClF3N3O2. The second kappa shape index (κ2) is 10.1. The summed E-state index contributed by atoms with van der Waals surface area (Å²) in [6, 6.07) is 3.73. The van der Waals surface area contributed by atoms with Crippen LogP contribution >= 0.6 is 11.6 Å². The van der Waals surface area contributed by atoms with E-state index in [2.05, 4.69) is 10.6 Å². The molecule has 9 heteroatoms. The molecule has 0 aliphatic heterocycles. The number of carbonyl (C=O) groups is 2. The molecule has 3 amide bonds. The average Bonchev–Trinajstić information content (AvgIpc) is 2.73. The van der Waals surface area contributed by atoms with Crippen LogP contribution in [0.2, 0.25) is 5.02 Å². The summed E-state index contributed by atoms with van der Waals surface area (Å²) >= 11 is 6.31. The molecular weight excluding hydrogens is 431 g/mol. The monoisotopic (exact) mass is 459 g/mol. The number of nitrogens with zero attached hydrogens (tertiary/aromatic N) is 1. The second-order valence-electron chi connectivity index (χ2n) is 8.60. The third-order valence-corrected chi connectivity index (χ3v) is 6.69. The highest BCUT2D eigenvalue weighted by Gasteiger charge is 2.42. The standard InChI is InChI=1S/C22H29ClF3N3O2/c1-29(17-8-3-2-4-9-17)20(30)18-11-10-16(13-19(18)23)28-21(31)27-15-7-5-6-14(12-15)22(24,25)26/h10-11,13-15,17H,2-9,12H2,1H3,(H2,27,28,31). The zero-order valence-corrected chi connectivity index (χ0v) is 18.4. The van der Waals surface area contributed by atoms with Gasteiger partial charge in [0.25, 0.3) is 5.91 Å². The van der Waals surface area contributed by atoms with E-state index in [9.17, 15) is 22.8 Å². The Morgan fingerprint density at radius 1 is 1.06 bits per heavy atom. The Balaban J connectivity index is 1.57. The largest absolute Gasteiger partial charge is 0.391 e. The van der Waals surface area contributed by atoms with Gasteiger partial charge in [-0.2, -0.15) is 13.2 Å². The molecule has 2 aliphatic rings. The van der Waals surface area contributed by atoms with E-state index in [0.29, 0.717) is 24.1 Å². The molecule has 1 aromatic rings. The minimum atomic E-state index is -4.24. The van der Waals surface area contributed by atoms with E-state index in [1.807, 2.05) is 0 Å². The SMILES string of the molecule is CN(C(=O)c1ccc(NC(=O)NC2CCCC(C(F)(F)F)C2)cc1Cl)C1CCCCC1. The number of amides is 3. The van der Waals surface area contributed by atoms with Crippen molar-refractivity contribution >= 4 is 29.2 Å². The first-order chi connectivity index (χ1) is 14.6. The summed E-state index contributed by atoms with van der Waals surface area (Å²) < 4.78 is 38.8. The lowest BCUT2D eigenvalue weighted by atomic mass is 9.85. The van der Waals surface area contributed by atoms with Crippen LogP contribution in [0.25, 0.3) is 0 Å². The number of carbonyl (C=O) groups excluding carboxylic acids is 2. The molecule has 5 nitrogen and oxygen atoms in total. The third-order valence-electron chi connectivity index (χ3n) is 6.37. The molecule has 2 atom stereocenters. The van der Waals surface area contributed by atoms with Crippen molar-refractivity contribution in [3.63, 3.8) is 0 Å². The van der Waals surface area contributed by atoms with E-state index < -0.39 is 24.2 Å². The fraction of sp³-hybridized carbons (Fsp3) is 0.636. The predicted molar refractivity (Wildman–Crippen MR) is 114 cm³/mol. The van der Waals surface area contributed by atoms with Gasteiger partial charge in [0.2, 0.25) is 0 Å². The van der Waals surface area contributed by atoms with Crippen molar-refractivity contribution < 1.29 is 22.8 Å². The molecule has 0 saturated heterocycles. The highest BCUT2D eigenvalue weighted by atomic mass is 35.5. The first kappa shape index (κ1) is 23.7. The van der Waals surface area contributed by atoms with Crippen LogP contribution < -0.4 is 10.6 Å². The predicted octanol–water partition coefficient (Wildman–Crippen LogP) is 5.99. The number of anilines is 1. The van der Waals surface area contributed by atoms with Crippen molar-refractivity contribution in [1.82, 2.24) is 10.2 Å². The van der Waals surface area contributed by atoms with Crippen molar-refractivity contribution in [2.45, 2.75) is 76.0 Å². The maximum Gasteiger partial charge on any atom is 0.391 e. The van der Waals surface area contributed by atoms with Crippen LogP contribution in [-0.2, 0) is 0 Å².